The van der Waals surface area contributed by atoms with Gasteiger partial charge in [0.05, 0.1) is 5.71 Å². The molecule has 1 aliphatic rings. The Morgan fingerprint density at radius 1 is 1.33 bits per heavy atom. The van der Waals surface area contributed by atoms with Gasteiger partial charge in [-0.2, -0.15) is 0 Å². The largest absolute Gasteiger partial charge is 0.286 e. The first kappa shape index (κ1) is 11.0. The van der Waals surface area contributed by atoms with Crippen LogP contribution in [0.1, 0.15) is 24.5 Å². The fourth-order valence-corrected chi connectivity index (χ4v) is 2.15. The van der Waals surface area contributed by atoms with Crippen molar-refractivity contribution >= 4 is 28.9 Å². The Balaban J connectivity index is 2.47. The normalized spacial score (nSPS) is 15.8. The quantitative estimate of drug-likeness (QED) is 0.702. The van der Waals surface area contributed by atoms with E-state index in [0.717, 1.165) is 24.2 Å². The lowest BCUT2D eigenvalue weighted by Gasteiger charge is -2.25. The molecule has 3 heteroatoms. The molecule has 0 N–H and O–H groups in total. The van der Waals surface area contributed by atoms with Crippen LogP contribution in [0.5, 0.6) is 0 Å². The van der Waals surface area contributed by atoms with E-state index >= 15 is 0 Å². The minimum absolute atomic E-state index is 0.670. The number of hydrogen-bond acceptors (Lipinski definition) is 1. The number of aliphatic imine (C=N–C) groups is 1. The summed E-state index contributed by atoms with van der Waals surface area (Å²) in [4.78, 5) is 4.47. The first-order valence-electron chi connectivity index (χ1n) is 5.16. The predicted octanol–water partition coefficient (Wildman–Crippen LogP) is 3.62. The smallest absolute Gasteiger partial charge is 0.159 e. The summed E-state index contributed by atoms with van der Waals surface area (Å²) in [5.74, 6) is 0. The van der Waals surface area contributed by atoms with E-state index in [2.05, 4.69) is 11.1 Å². The van der Waals surface area contributed by atoms with Gasteiger partial charge in [0.2, 0.25) is 0 Å². The van der Waals surface area contributed by atoms with E-state index in [1.54, 1.807) is 0 Å². The van der Waals surface area contributed by atoms with Crippen molar-refractivity contribution in [1.82, 2.24) is 0 Å². The molecule has 0 bridgehead atoms. The summed E-state index contributed by atoms with van der Waals surface area (Å²) >= 11 is 12.5. The minimum atomic E-state index is -0.851. The molecule has 1 aromatic carbocycles. The fraction of sp³-hybridized carbons (Fsp3) is 0.417. The third-order valence-corrected chi connectivity index (χ3v) is 3.61. The van der Waals surface area contributed by atoms with Crippen molar-refractivity contribution in [3.63, 3.8) is 0 Å². The molecule has 0 atom stereocenters. The van der Waals surface area contributed by atoms with E-state index in [1.165, 1.54) is 5.56 Å². The molecule has 80 valence electrons. The van der Waals surface area contributed by atoms with Gasteiger partial charge in [0.25, 0.3) is 0 Å². The standard InChI is InChI=1S/C12H13Cl2N/c1-2-12(13,14)11-10-6-4-3-5-9(10)7-8-15-11/h3-6H,2,7-8H2,1H3. The highest BCUT2D eigenvalue weighted by Crippen LogP contribution is 2.33. The summed E-state index contributed by atoms with van der Waals surface area (Å²) in [6, 6.07) is 8.20. The zero-order valence-corrected chi connectivity index (χ0v) is 10.1. The topological polar surface area (TPSA) is 12.4 Å². The number of nitrogens with zero attached hydrogens (tertiary/aromatic N) is 1. The summed E-state index contributed by atoms with van der Waals surface area (Å²) in [6.45, 7) is 2.76. The van der Waals surface area contributed by atoms with Gasteiger partial charge in [-0.15, -0.1) is 0 Å². The van der Waals surface area contributed by atoms with Gasteiger partial charge in [0.1, 0.15) is 0 Å². The first-order valence-corrected chi connectivity index (χ1v) is 5.92. The van der Waals surface area contributed by atoms with E-state index in [1.807, 2.05) is 25.1 Å². The van der Waals surface area contributed by atoms with Crippen LogP contribution in [0, 0.1) is 0 Å². The van der Waals surface area contributed by atoms with Crippen molar-refractivity contribution in [2.45, 2.75) is 24.1 Å². The van der Waals surface area contributed by atoms with Crippen LogP contribution in [-0.2, 0) is 6.42 Å². The maximum Gasteiger partial charge on any atom is 0.159 e. The Bertz CT molecular complexity index is 396. The predicted molar refractivity (Wildman–Crippen MR) is 66.3 cm³/mol. The number of halogens is 2. The fourth-order valence-electron chi connectivity index (χ4n) is 1.82. The second-order valence-corrected chi connectivity index (χ2v) is 5.18. The van der Waals surface area contributed by atoms with E-state index in [4.69, 9.17) is 23.2 Å². The molecule has 0 saturated carbocycles. The molecule has 0 amide bonds. The molecule has 1 aromatic rings. The van der Waals surface area contributed by atoms with Crippen LogP contribution in [0.25, 0.3) is 0 Å². The van der Waals surface area contributed by atoms with Crippen molar-refractivity contribution in [1.29, 1.82) is 0 Å². The van der Waals surface area contributed by atoms with Crippen LogP contribution in [-0.4, -0.2) is 16.6 Å². The Kier molecular flexibility index (Phi) is 3.03. The van der Waals surface area contributed by atoms with Gasteiger partial charge in [0.15, 0.2) is 4.33 Å². The third kappa shape index (κ3) is 2.04. The molecule has 0 saturated heterocycles. The number of fused-ring (bicyclic) bond motifs is 1. The van der Waals surface area contributed by atoms with Crippen LogP contribution < -0.4 is 0 Å². The molecule has 0 aromatic heterocycles. The Labute approximate surface area is 100 Å². The summed E-state index contributed by atoms with van der Waals surface area (Å²) in [5.41, 5.74) is 3.23. The molecule has 1 aliphatic heterocycles. The lowest BCUT2D eigenvalue weighted by atomic mass is 9.95. The van der Waals surface area contributed by atoms with E-state index in [9.17, 15) is 0 Å². The highest BCUT2D eigenvalue weighted by atomic mass is 35.5. The monoisotopic (exact) mass is 241 g/mol. The van der Waals surface area contributed by atoms with E-state index < -0.39 is 4.33 Å². The average Bonchev–Trinajstić information content (AvgIpc) is 2.28. The highest BCUT2D eigenvalue weighted by Gasteiger charge is 2.32. The second-order valence-electron chi connectivity index (χ2n) is 3.70. The SMILES string of the molecule is CCC(Cl)(Cl)C1=NCCc2ccccc21. The van der Waals surface area contributed by atoms with E-state index in [-0.39, 0.29) is 0 Å². The van der Waals surface area contributed by atoms with Gasteiger partial charge in [-0.05, 0) is 18.4 Å². The van der Waals surface area contributed by atoms with Crippen LogP contribution in [0.3, 0.4) is 0 Å². The Hall–Kier alpha value is -0.530. The molecule has 0 unspecified atom stereocenters. The summed E-state index contributed by atoms with van der Waals surface area (Å²) in [6.07, 6.45) is 1.65. The lowest BCUT2D eigenvalue weighted by molar-refractivity contribution is 0.878. The third-order valence-electron chi connectivity index (χ3n) is 2.71. The van der Waals surface area contributed by atoms with Gasteiger partial charge in [-0.3, -0.25) is 4.99 Å². The molecular formula is C12H13Cl2N. The molecule has 1 nitrogen and oxygen atoms in total. The van der Waals surface area contributed by atoms with Gasteiger partial charge in [0, 0.05) is 12.1 Å². The zero-order valence-electron chi connectivity index (χ0n) is 8.63. The molecule has 1 heterocycles. The number of alkyl halides is 2. The van der Waals surface area contributed by atoms with Crippen molar-refractivity contribution in [3.8, 4) is 0 Å². The van der Waals surface area contributed by atoms with Crippen LogP contribution >= 0.6 is 23.2 Å². The zero-order chi connectivity index (χ0) is 10.9. The molecule has 15 heavy (non-hydrogen) atoms. The van der Waals surface area contributed by atoms with Crippen molar-refractivity contribution in [2.75, 3.05) is 6.54 Å². The van der Waals surface area contributed by atoms with Gasteiger partial charge >= 0.3 is 0 Å². The van der Waals surface area contributed by atoms with Crippen molar-refractivity contribution in [2.24, 2.45) is 4.99 Å². The van der Waals surface area contributed by atoms with Gasteiger partial charge in [-0.1, -0.05) is 54.4 Å². The summed E-state index contributed by atoms with van der Waals surface area (Å²) in [7, 11) is 0. The maximum absolute atomic E-state index is 6.26. The molecule has 0 spiro atoms. The number of hydrogen-bond donors (Lipinski definition) is 0. The lowest BCUT2D eigenvalue weighted by Crippen LogP contribution is -2.30. The number of rotatable bonds is 2. The van der Waals surface area contributed by atoms with Crippen LogP contribution in [0.15, 0.2) is 29.3 Å². The first-order chi connectivity index (χ1) is 7.15. The van der Waals surface area contributed by atoms with Gasteiger partial charge < -0.3 is 0 Å². The Morgan fingerprint density at radius 3 is 2.80 bits per heavy atom. The van der Waals surface area contributed by atoms with Crippen LogP contribution in [0.2, 0.25) is 0 Å². The van der Waals surface area contributed by atoms with Crippen molar-refractivity contribution in [3.05, 3.63) is 35.4 Å². The Morgan fingerprint density at radius 2 is 2.07 bits per heavy atom. The summed E-state index contributed by atoms with van der Waals surface area (Å²) in [5, 5.41) is 0. The van der Waals surface area contributed by atoms with Gasteiger partial charge in [-0.25, -0.2) is 0 Å². The highest BCUT2D eigenvalue weighted by molar-refractivity contribution is 6.60. The second kappa shape index (κ2) is 4.15. The number of benzene rings is 1. The maximum atomic E-state index is 6.26. The molecule has 0 aliphatic carbocycles. The molecular weight excluding hydrogens is 229 g/mol. The molecule has 0 radical (unpaired) electrons. The molecule has 2 rings (SSSR count). The average molecular weight is 242 g/mol. The summed E-state index contributed by atoms with van der Waals surface area (Å²) < 4.78 is -0.851. The van der Waals surface area contributed by atoms with Crippen molar-refractivity contribution < 1.29 is 0 Å². The molecule has 0 fully saturated rings. The minimum Gasteiger partial charge on any atom is -0.286 e. The van der Waals surface area contributed by atoms with E-state index in [0.29, 0.717) is 6.42 Å². The van der Waals surface area contributed by atoms with Crippen LogP contribution in [0.4, 0.5) is 0 Å².